The molecule has 90 valence electrons. The standard InChI is InChI=1S/C13H17N3O/c1-15(2)9-13-14-8-11(16(13)3)10-6-4-5-7-12(10)17/h4-8,17H,9H2,1-3H3. The smallest absolute Gasteiger partial charge is 0.124 e. The van der Waals surface area contributed by atoms with Gasteiger partial charge in [-0.25, -0.2) is 4.98 Å². The molecule has 2 rings (SSSR count). The molecule has 0 saturated carbocycles. The third-order valence-corrected chi connectivity index (χ3v) is 2.72. The topological polar surface area (TPSA) is 41.3 Å². The molecule has 4 nitrogen and oxygen atoms in total. The van der Waals surface area contributed by atoms with Gasteiger partial charge in [-0.2, -0.15) is 0 Å². The minimum Gasteiger partial charge on any atom is -0.507 e. The number of imidazole rings is 1. The Morgan fingerprint density at radius 1 is 1.29 bits per heavy atom. The van der Waals surface area contributed by atoms with Gasteiger partial charge >= 0.3 is 0 Å². The zero-order chi connectivity index (χ0) is 12.4. The highest BCUT2D eigenvalue weighted by Crippen LogP contribution is 2.28. The van der Waals surface area contributed by atoms with Crippen LogP contribution < -0.4 is 0 Å². The van der Waals surface area contributed by atoms with Gasteiger partial charge in [-0.15, -0.1) is 0 Å². The molecule has 0 aliphatic carbocycles. The van der Waals surface area contributed by atoms with Crippen LogP contribution in [-0.4, -0.2) is 33.7 Å². The maximum atomic E-state index is 9.83. The van der Waals surface area contributed by atoms with Gasteiger partial charge in [-0.3, -0.25) is 0 Å². The first-order chi connectivity index (χ1) is 8.09. The van der Waals surface area contributed by atoms with E-state index in [1.807, 2.05) is 43.9 Å². The van der Waals surface area contributed by atoms with E-state index in [9.17, 15) is 5.11 Å². The van der Waals surface area contributed by atoms with Crippen LogP contribution in [0, 0.1) is 0 Å². The molecule has 2 aromatic rings. The van der Waals surface area contributed by atoms with Gasteiger partial charge in [0.2, 0.25) is 0 Å². The van der Waals surface area contributed by atoms with E-state index in [4.69, 9.17) is 0 Å². The third-order valence-electron chi connectivity index (χ3n) is 2.72. The van der Waals surface area contributed by atoms with Crippen molar-refractivity contribution in [2.45, 2.75) is 6.54 Å². The Bertz CT molecular complexity index is 517. The second-order valence-corrected chi connectivity index (χ2v) is 4.37. The number of phenolic OH excluding ortho intramolecular Hbond substituents is 1. The fourth-order valence-corrected chi connectivity index (χ4v) is 1.82. The molecule has 0 bridgehead atoms. The Labute approximate surface area is 101 Å². The van der Waals surface area contributed by atoms with E-state index in [0.717, 1.165) is 23.6 Å². The average molecular weight is 231 g/mol. The first-order valence-electron chi connectivity index (χ1n) is 5.53. The zero-order valence-corrected chi connectivity index (χ0v) is 10.4. The van der Waals surface area contributed by atoms with Crippen LogP contribution in [0.1, 0.15) is 5.82 Å². The summed E-state index contributed by atoms with van der Waals surface area (Å²) in [6.45, 7) is 0.782. The monoisotopic (exact) mass is 231 g/mol. The maximum absolute atomic E-state index is 9.83. The van der Waals surface area contributed by atoms with Crippen molar-refractivity contribution in [2.24, 2.45) is 7.05 Å². The number of phenols is 1. The molecule has 0 fully saturated rings. The lowest BCUT2D eigenvalue weighted by atomic mass is 10.1. The molecule has 0 unspecified atom stereocenters. The zero-order valence-electron chi connectivity index (χ0n) is 10.4. The van der Waals surface area contributed by atoms with Crippen LogP contribution in [0.2, 0.25) is 0 Å². The summed E-state index contributed by atoms with van der Waals surface area (Å²) in [6, 6.07) is 7.31. The second kappa shape index (κ2) is 4.59. The predicted molar refractivity (Wildman–Crippen MR) is 67.7 cm³/mol. The summed E-state index contributed by atoms with van der Waals surface area (Å²) in [6.07, 6.45) is 1.80. The van der Waals surface area contributed by atoms with Crippen LogP contribution in [0.4, 0.5) is 0 Å². The molecule has 0 spiro atoms. The summed E-state index contributed by atoms with van der Waals surface area (Å²) in [5, 5.41) is 9.83. The average Bonchev–Trinajstić information content (AvgIpc) is 2.61. The minimum atomic E-state index is 0.284. The van der Waals surface area contributed by atoms with Gasteiger partial charge in [-0.05, 0) is 26.2 Å². The van der Waals surface area contributed by atoms with Gasteiger partial charge in [0.1, 0.15) is 11.6 Å². The summed E-state index contributed by atoms with van der Waals surface area (Å²) in [5.41, 5.74) is 1.74. The van der Waals surface area contributed by atoms with Gasteiger partial charge in [0, 0.05) is 12.6 Å². The molecule has 0 aliphatic rings. The van der Waals surface area contributed by atoms with Crippen molar-refractivity contribution in [3.63, 3.8) is 0 Å². The SMILES string of the molecule is CN(C)Cc1ncc(-c2ccccc2O)n1C. The van der Waals surface area contributed by atoms with E-state index in [2.05, 4.69) is 9.88 Å². The first kappa shape index (κ1) is 11.7. The first-order valence-corrected chi connectivity index (χ1v) is 5.53. The normalized spacial score (nSPS) is 11.1. The number of hydrogen-bond donors (Lipinski definition) is 1. The number of rotatable bonds is 3. The Morgan fingerprint density at radius 3 is 2.65 bits per heavy atom. The van der Waals surface area contributed by atoms with Gasteiger partial charge in [-0.1, -0.05) is 12.1 Å². The van der Waals surface area contributed by atoms with Crippen molar-refractivity contribution >= 4 is 0 Å². The van der Waals surface area contributed by atoms with Crippen molar-refractivity contribution in [3.05, 3.63) is 36.3 Å². The summed E-state index contributed by atoms with van der Waals surface area (Å²) < 4.78 is 2.01. The van der Waals surface area contributed by atoms with Crippen LogP contribution in [0.5, 0.6) is 5.75 Å². The van der Waals surface area contributed by atoms with E-state index in [1.54, 1.807) is 12.3 Å². The van der Waals surface area contributed by atoms with Gasteiger partial charge in [0.05, 0.1) is 18.4 Å². The Kier molecular flexibility index (Phi) is 3.15. The van der Waals surface area contributed by atoms with Crippen molar-refractivity contribution in [1.82, 2.24) is 14.5 Å². The minimum absolute atomic E-state index is 0.284. The molecule has 1 aromatic heterocycles. The summed E-state index contributed by atoms with van der Waals surface area (Å²) >= 11 is 0. The molecule has 1 heterocycles. The Hall–Kier alpha value is -1.81. The summed E-state index contributed by atoms with van der Waals surface area (Å²) in [7, 11) is 5.98. The van der Waals surface area contributed by atoms with E-state index in [-0.39, 0.29) is 5.75 Å². The van der Waals surface area contributed by atoms with E-state index in [1.165, 1.54) is 0 Å². The molecule has 4 heteroatoms. The van der Waals surface area contributed by atoms with Crippen molar-refractivity contribution in [2.75, 3.05) is 14.1 Å². The van der Waals surface area contributed by atoms with Gasteiger partial charge in [0.15, 0.2) is 0 Å². The van der Waals surface area contributed by atoms with Crippen LogP contribution in [0.15, 0.2) is 30.5 Å². The highest BCUT2D eigenvalue weighted by Gasteiger charge is 2.11. The molecule has 0 saturated heterocycles. The lowest BCUT2D eigenvalue weighted by molar-refractivity contribution is 0.385. The number of aromatic nitrogens is 2. The van der Waals surface area contributed by atoms with Crippen molar-refractivity contribution in [1.29, 1.82) is 0 Å². The highest BCUT2D eigenvalue weighted by molar-refractivity contribution is 5.66. The lowest BCUT2D eigenvalue weighted by Gasteiger charge is -2.11. The van der Waals surface area contributed by atoms with Crippen LogP contribution in [0.3, 0.4) is 0 Å². The van der Waals surface area contributed by atoms with Crippen molar-refractivity contribution in [3.8, 4) is 17.0 Å². The summed E-state index contributed by atoms with van der Waals surface area (Å²) in [5.74, 6) is 1.26. The molecule has 0 atom stereocenters. The molecule has 1 aromatic carbocycles. The number of aromatic hydroxyl groups is 1. The Balaban J connectivity index is 2.41. The fraction of sp³-hybridized carbons (Fsp3) is 0.308. The third kappa shape index (κ3) is 2.31. The quantitative estimate of drug-likeness (QED) is 0.876. The summed E-state index contributed by atoms with van der Waals surface area (Å²) in [4.78, 5) is 6.45. The number of para-hydroxylation sites is 1. The van der Waals surface area contributed by atoms with E-state index in [0.29, 0.717) is 0 Å². The molecule has 0 radical (unpaired) electrons. The predicted octanol–water partition coefficient (Wildman–Crippen LogP) is 1.85. The molecular weight excluding hydrogens is 214 g/mol. The van der Waals surface area contributed by atoms with Gasteiger partial charge < -0.3 is 14.6 Å². The van der Waals surface area contributed by atoms with Crippen molar-refractivity contribution < 1.29 is 5.11 Å². The number of nitrogens with zero attached hydrogens (tertiary/aromatic N) is 3. The number of benzene rings is 1. The maximum Gasteiger partial charge on any atom is 0.124 e. The van der Waals surface area contributed by atoms with Gasteiger partial charge in [0.25, 0.3) is 0 Å². The molecule has 0 amide bonds. The second-order valence-electron chi connectivity index (χ2n) is 4.37. The number of hydrogen-bond acceptors (Lipinski definition) is 3. The van der Waals surface area contributed by atoms with E-state index >= 15 is 0 Å². The molecule has 17 heavy (non-hydrogen) atoms. The Morgan fingerprint density at radius 2 is 2.00 bits per heavy atom. The lowest BCUT2D eigenvalue weighted by Crippen LogP contribution is -2.14. The van der Waals surface area contributed by atoms with Crippen LogP contribution >= 0.6 is 0 Å². The van der Waals surface area contributed by atoms with Crippen LogP contribution in [-0.2, 0) is 13.6 Å². The highest BCUT2D eigenvalue weighted by atomic mass is 16.3. The fourth-order valence-electron chi connectivity index (χ4n) is 1.82. The van der Waals surface area contributed by atoms with Crippen LogP contribution in [0.25, 0.3) is 11.3 Å². The molecular formula is C13H17N3O. The molecule has 1 N–H and O–H groups in total. The molecule has 0 aliphatic heterocycles. The van der Waals surface area contributed by atoms with E-state index < -0.39 is 0 Å². The largest absolute Gasteiger partial charge is 0.507 e.